The number of benzene rings is 2. The summed E-state index contributed by atoms with van der Waals surface area (Å²) in [5.74, 6) is 0. The second-order valence-electron chi connectivity index (χ2n) is 5.71. The fourth-order valence-electron chi connectivity index (χ4n) is 3.45. The van der Waals surface area contributed by atoms with Crippen LogP contribution in [-0.2, 0) is 7.05 Å². The van der Waals surface area contributed by atoms with Crippen molar-refractivity contribution in [3.05, 3.63) is 61.2 Å². The molecule has 5 aromatic rings. The minimum absolute atomic E-state index is 1.06. The van der Waals surface area contributed by atoms with E-state index in [1.807, 2.05) is 24.7 Å². The molecule has 0 bridgehead atoms. The number of rotatable bonds is 0. The summed E-state index contributed by atoms with van der Waals surface area (Å²) in [6, 6.07) is 12.9. The molecule has 3 nitrogen and oxygen atoms in total. The van der Waals surface area contributed by atoms with E-state index in [1.54, 1.807) is 0 Å². The highest BCUT2D eigenvalue weighted by Crippen LogP contribution is 2.36. The molecule has 0 saturated carbocycles. The van der Waals surface area contributed by atoms with E-state index in [-0.39, 0.29) is 0 Å². The molecule has 0 aliphatic heterocycles. The Labute approximate surface area is 126 Å². The molecule has 3 heteroatoms. The molecule has 0 saturated heterocycles. The fourth-order valence-corrected chi connectivity index (χ4v) is 3.45. The lowest BCUT2D eigenvalue weighted by atomic mass is 9.98. The first-order valence-corrected chi connectivity index (χ1v) is 7.32. The third kappa shape index (κ3) is 1.40. The van der Waals surface area contributed by atoms with E-state index in [2.05, 4.69) is 58.1 Å². The maximum Gasteiger partial charge on any atom is 0.0802 e. The van der Waals surface area contributed by atoms with E-state index in [0.717, 1.165) is 10.9 Å². The van der Waals surface area contributed by atoms with Gasteiger partial charge >= 0.3 is 0 Å². The number of fused-ring (bicyclic) bond motifs is 7. The van der Waals surface area contributed by atoms with E-state index in [9.17, 15) is 0 Å². The summed E-state index contributed by atoms with van der Waals surface area (Å²) in [5, 5.41) is 7.28. The molecule has 0 unspecified atom stereocenters. The van der Waals surface area contributed by atoms with Gasteiger partial charge in [-0.25, -0.2) is 0 Å². The normalized spacial score (nSPS) is 11.9. The van der Waals surface area contributed by atoms with Gasteiger partial charge in [0.05, 0.1) is 11.0 Å². The summed E-state index contributed by atoms with van der Waals surface area (Å²) in [7, 11) is 2.09. The summed E-state index contributed by atoms with van der Waals surface area (Å²) >= 11 is 0. The molecule has 2 aromatic carbocycles. The van der Waals surface area contributed by atoms with Crippen LogP contribution in [-0.4, -0.2) is 14.5 Å². The van der Waals surface area contributed by atoms with E-state index in [1.165, 1.54) is 32.4 Å². The van der Waals surface area contributed by atoms with Crippen molar-refractivity contribution < 1.29 is 0 Å². The predicted octanol–water partition coefficient (Wildman–Crippen LogP) is 4.43. The maximum atomic E-state index is 4.62. The molecular weight excluding hydrogens is 270 g/mol. The van der Waals surface area contributed by atoms with Gasteiger partial charge in [-0.1, -0.05) is 6.07 Å². The first kappa shape index (κ1) is 11.7. The van der Waals surface area contributed by atoms with Crippen LogP contribution in [0.5, 0.6) is 0 Å². The average Bonchev–Trinajstić information content (AvgIpc) is 2.96. The summed E-state index contributed by atoms with van der Waals surface area (Å²) in [4.78, 5) is 8.87. The summed E-state index contributed by atoms with van der Waals surface area (Å²) in [6.07, 6.45) is 7.74. The van der Waals surface area contributed by atoms with Crippen molar-refractivity contribution >= 4 is 43.4 Å². The Bertz CT molecular complexity index is 1190. The molecule has 3 aromatic heterocycles. The first-order valence-electron chi connectivity index (χ1n) is 7.32. The molecule has 5 rings (SSSR count). The van der Waals surface area contributed by atoms with Crippen molar-refractivity contribution in [2.75, 3.05) is 0 Å². The van der Waals surface area contributed by atoms with Crippen LogP contribution in [0.15, 0.2) is 61.2 Å². The van der Waals surface area contributed by atoms with Crippen LogP contribution in [0, 0.1) is 0 Å². The van der Waals surface area contributed by atoms with Crippen LogP contribution in [0.4, 0.5) is 0 Å². The number of pyridine rings is 2. The van der Waals surface area contributed by atoms with Gasteiger partial charge < -0.3 is 4.57 Å². The Kier molecular flexibility index (Phi) is 2.15. The van der Waals surface area contributed by atoms with Gasteiger partial charge in [0, 0.05) is 53.4 Å². The van der Waals surface area contributed by atoms with E-state index in [4.69, 9.17) is 0 Å². The largest absolute Gasteiger partial charge is 0.350 e. The number of aryl methyl sites for hydroxylation is 1. The quantitative estimate of drug-likeness (QED) is 0.311. The average molecular weight is 283 g/mol. The highest BCUT2D eigenvalue weighted by atomic mass is 14.9. The molecule has 3 heterocycles. The van der Waals surface area contributed by atoms with Gasteiger partial charge in [0.1, 0.15) is 0 Å². The lowest BCUT2D eigenvalue weighted by molar-refractivity contribution is 0.973. The van der Waals surface area contributed by atoms with Gasteiger partial charge in [-0.15, -0.1) is 0 Å². The van der Waals surface area contributed by atoms with Gasteiger partial charge in [-0.2, -0.15) is 0 Å². The molecule has 0 radical (unpaired) electrons. The molecule has 0 aliphatic rings. The molecule has 104 valence electrons. The van der Waals surface area contributed by atoms with E-state index < -0.39 is 0 Å². The van der Waals surface area contributed by atoms with E-state index >= 15 is 0 Å². The van der Waals surface area contributed by atoms with Crippen LogP contribution in [0.3, 0.4) is 0 Å². The van der Waals surface area contributed by atoms with E-state index in [0.29, 0.717) is 0 Å². The van der Waals surface area contributed by atoms with Gasteiger partial charge in [0.25, 0.3) is 0 Å². The minimum Gasteiger partial charge on any atom is -0.350 e. The molecule has 0 fully saturated rings. The number of hydrogen-bond donors (Lipinski definition) is 0. The number of hydrogen-bond acceptors (Lipinski definition) is 2. The summed E-state index contributed by atoms with van der Waals surface area (Å²) in [5.41, 5.74) is 2.30. The van der Waals surface area contributed by atoms with Gasteiger partial charge in [0.15, 0.2) is 0 Å². The smallest absolute Gasteiger partial charge is 0.0802 e. The third-order valence-electron chi connectivity index (χ3n) is 4.46. The molecule has 22 heavy (non-hydrogen) atoms. The van der Waals surface area contributed by atoms with Crippen LogP contribution in [0.2, 0.25) is 0 Å². The number of nitrogens with zero attached hydrogens (tertiary/aromatic N) is 3. The lowest BCUT2D eigenvalue weighted by Crippen LogP contribution is -1.89. The lowest BCUT2D eigenvalue weighted by Gasteiger charge is -2.09. The molecular formula is C19H13N3. The standard InChI is InChI=1S/C19H13N3/c1-22-8-5-15-18-14(3-2-6-21-18)16-10-13-11-20-7-4-12(13)9-17(16)19(15)22/h2-11H,1H3. The highest BCUT2D eigenvalue weighted by molar-refractivity contribution is 6.25. The van der Waals surface area contributed by atoms with Crippen molar-refractivity contribution in [2.45, 2.75) is 0 Å². The molecule has 0 amide bonds. The minimum atomic E-state index is 1.06. The van der Waals surface area contributed by atoms with Crippen molar-refractivity contribution in [1.29, 1.82) is 0 Å². The van der Waals surface area contributed by atoms with Crippen LogP contribution in [0.1, 0.15) is 0 Å². The molecule has 0 aliphatic carbocycles. The Morgan fingerprint density at radius 2 is 1.77 bits per heavy atom. The molecule has 0 N–H and O–H groups in total. The van der Waals surface area contributed by atoms with Crippen molar-refractivity contribution in [3.63, 3.8) is 0 Å². The molecule has 0 atom stereocenters. The Morgan fingerprint density at radius 1 is 0.864 bits per heavy atom. The first-order chi connectivity index (χ1) is 10.8. The van der Waals surface area contributed by atoms with Gasteiger partial charge in [-0.3, -0.25) is 9.97 Å². The van der Waals surface area contributed by atoms with Crippen molar-refractivity contribution in [1.82, 2.24) is 14.5 Å². The zero-order chi connectivity index (χ0) is 14.7. The highest BCUT2D eigenvalue weighted by Gasteiger charge is 2.12. The van der Waals surface area contributed by atoms with Crippen molar-refractivity contribution in [3.8, 4) is 0 Å². The SMILES string of the molecule is Cn1ccc2c3ncccc3c3cc4cnccc4cc3c21. The summed E-state index contributed by atoms with van der Waals surface area (Å²) < 4.78 is 2.18. The third-order valence-corrected chi connectivity index (χ3v) is 4.46. The maximum absolute atomic E-state index is 4.62. The van der Waals surface area contributed by atoms with Crippen LogP contribution < -0.4 is 0 Å². The second-order valence-corrected chi connectivity index (χ2v) is 5.71. The van der Waals surface area contributed by atoms with Gasteiger partial charge in [0.2, 0.25) is 0 Å². The topological polar surface area (TPSA) is 30.7 Å². The Morgan fingerprint density at radius 3 is 2.73 bits per heavy atom. The van der Waals surface area contributed by atoms with Crippen molar-refractivity contribution in [2.24, 2.45) is 7.05 Å². The Balaban J connectivity index is 2.19. The zero-order valence-corrected chi connectivity index (χ0v) is 12.1. The summed E-state index contributed by atoms with van der Waals surface area (Å²) in [6.45, 7) is 0. The molecule has 0 spiro atoms. The van der Waals surface area contributed by atoms with Crippen LogP contribution >= 0.6 is 0 Å². The fraction of sp³-hybridized carbons (Fsp3) is 0.0526. The van der Waals surface area contributed by atoms with Gasteiger partial charge in [-0.05, 0) is 41.1 Å². The number of aromatic nitrogens is 3. The second kappa shape index (κ2) is 4.04. The predicted molar refractivity (Wildman–Crippen MR) is 91.0 cm³/mol. The van der Waals surface area contributed by atoms with Crippen LogP contribution in [0.25, 0.3) is 43.4 Å². The zero-order valence-electron chi connectivity index (χ0n) is 12.1. The monoisotopic (exact) mass is 283 g/mol. The Hall–Kier alpha value is -2.94.